The molecule has 5 N–H and O–H groups in total. The number of nitrogens with zero attached hydrogens (tertiary/aromatic N) is 4. The van der Waals surface area contributed by atoms with E-state index >= 15 is 0 Å². The molecule has 0 bridgehead atoms. The number of benzene rings is 1. The first-order valence-electron chi connectivity index (χ1n) is 11.5. The number of pyridine rings is 3. The van der Waals surface area contributed by atoms with E-state index in [1.54, 1.807) is 24.5 Å². The molecule has 3 heterocycles. The molecule has 0 atom stereocenters. The maximum Gasteiger partial charge on any atom is 0.324 e. The zero-order valence-electron chi connectivity index (χ0n) is 20.5. The fourth-order valence-corrected chi connectivity index (χ4v) is 3.48. The van der Waals surface area contributed by atoms with Gasteiger partial charge in [0.1, 0.15) is 29.6 Å². The second-order valence-corrected chi connectivity index (χ2v) is 8.27. The highest BCUT2D eigenvalue weighted by atomic mass is 16.5. The second kappa shape index (κ2) is 11.6. The number of aromatic nitrogens is 3. The van der Waals surface area contributed by atoms with E-state index < -0.39 is 5.97 Å². The topological polar surface area (TPSA) is 148 Å². The Hall–Kier alpha value is -4.99. The first-order valence-corrected chi connectivity index (χ1v) is 11.5. The number of carboxylic acid groups (broad SMARTS) is 1. The van der Waals surface area contributed by atoms with E-state index in [0.29, 0.717) is 29.4 Å². The number of amidine groups is 1. The summed E-state index contributed by atoms with van der Waals surface area (Å²) < 4.78 is 6.25. The van der Waals surface area contributed by atoms with Gasteiger partial charge in [-0.25, -0.2) is 9.97 Å². The Labute approximate surface area is 214 Å². The van der Waals surface area contributed by atoms with E-state index in [0.717, 1.165) is 28.2 Å². The number of ether oxygens (including phenoxy) is 1. The summed E-state index contributed by atoms with van der Waals surface area (Å²) in [7, 11) is 0. The van der Waals surface area contributed by atoms with Crippen LogP contribution in [0.5, 0.6) is 11.5 Å². The Morgan fingerprint density at radius 1 is 1.05 bits per heavy atom. The normalized spacial score (nSPS) is 11.1. The monoisotopic (exact) mass is 497 g/mol. The number of anilines is 2. The molecule has 37 heavy (non-hydrogen) atoms. The summed E-state index contributed by atoms with van der Waals surface area (Å²) in [5.41, 5.74) is 13.3. The van der Waals surface area contributed by atoms with Crippen molar-refractivity contribution in [2.75, 3.05) is 11.9 Å². The molecule has 0 radical (unpaired) electrons. The Balaban J connectivity index is 1.50. The number of rotatable bonds is 10. The van der Waals surface area contributed by atoms with Gasteiger partial charge < -0.3 is 20.9 Å². The van der Waals surface area contributed by atoms with Crippen molar-refractivity contribution < 1.29 is 14.6 Å². The van der Waals surface area contributed by atoms with Gasteiger partial charge in [-0.05, 0) is 61.4 Å². The van der Waals surface area contributed by atoms with Crippen molar-refractivity contribution in [3.05, 3.63) is 89.9 Å². The van der Waals surface area contributed by atoms with E-state index in [4.69, 9.17) is 20.6 Å². The standard InChI is InChI=1S/C27H27N7O3/c1-17-12-23(27(32-18(17)2)22-8-3-4-10-29-22)37-21-9-11-30-25(15-21)33-20-7-5-6-19(13-20)14-24(28)34-31-16-26(35)36/h3-13,15,31H,14,16H2,1-2H3,(H2,28,34)(H,30,33)(H,35,36). The van der Waals surface area contributed by atoms with Crippen molar-refractivity contribution >= 4 is 23.3 Å². The molecule has 0 fully saturated rings. The Kier molecular flexibility index (Phi) is 7.89. The van der Waals surface area contributed by atoms with E-state index in [1.807, 2.05) is 62.4 Å². The largest absolute Gasteiger partial charge is 0.480 e. The van der Waals surface area contributed by atoms with Crippen LogP contribution in [-0.2, 0) is 11.2 Å². The quantitative estimate of drug-likeness (QED) is 0.144. The molecule has 0 aliphatic heterocycles. The van der Waals surface area contributed by atoms with Gasteiger partial charge in [-0.15, -0.1) is 0 Å². The molecule has 188 valence electrons. The van der Waals surface area contributed by atoms with E-state index in [-0.39, 0.29) is 12.4 Å². The van der Waals surface area contributed by atoms with Gasteiger partial charge in [0.25, 0.3) is 0 Å². The van der Waals surface area contributed by atoms with Gasteiger partial charge in [0, 0.05) is 36.3 Å². The van der Waals surface area contributed by atoms with Crippen LogP contribution in [0, 0.1) is 13.8 Å². The average molecular weight is 498 g/mol. The predicted octanol–water partition coefficient (Wildman–Crippen LogP) is 4.18. The lowest BCUT2D eigenvalue weighted by Crippen LogP contribution is -2.24. The van der Waals surface area contributed by atoms with Crippen LogP contribution in [0.3, 0.4) is 0 Å². The lowest BCUT2D eigenvalue weighted by atomic mass is 10.1. The maximum absolute atomic E-state index is 10.6. The van der Waals surface area contributed by atoms with Gasteiger partial charge in [-0.2, -0.15) is 5.10 Å². The van der Waals surface area contributed by atoms with Crippen LogP contribution in [0.25, 0.3) is 11.4 Å². The number of carboxylic acids is 1. The first kappa shape index (κ1) is 25.1. The molecular weight excluding hydrogens is 470 g/mol. The fourth-order valence-electron chi connectivity index (χ4n) is 3.48. The number of nitrogens with two attached hydrogens (primary N) is 1. The molecule has 0 amide bonds. The molecule has 0 saturated heterocycles. The van der Waals surface area contributed by atoms with E-state index in [9.17, 15) is 4.79 Å². The maximum atomic E-state index is 10.6. The van der Waals surface area contributed by atoms with E-state index in [1.165, 1.54) is 0 Å². The third-order valence-electron chi connectivity index (χ3n) is 5.34. The molecule has 3 aromatic heterocycles. The number of nitrogens with one attached hydrogen (secondary N) is 2. The minimum Gasteiger partial charge on any atom is -0.480 e. The summed E-state index contributed by atoms with van der Waals surface area (Å²) >= 11 is 0. The Morgan fingerprint density at radius 2 is 1.92 bits per heavy atom. The lowest BCUT2D eigenvalue weighted by Gasteiger charge is -2.14. The molecule has 1 aromatic carbocycles. The zero-order valence-corrected chi connectivity index (χ0v) is 20.5. The van der Waals surface area contributed by atoms with Gasteiger partial charge >= 0.3 is 5.97 Å². The molecule has 0 aliphatic rings. The lowest BCUT2D eigenvalue weighted by molar-refractivity contribution is -0.135. The van der Waals surface area contributed by atoms with Crippen molar-refractivity contribution in [1.82, 2.24) is 20.4 Å². The third-order valence-corrected chi connectivity index (χ3v) is 5.34. The molecule has 10 nitrogen and oxygen atoms in total. The number of hydrogen-bond donors (Lipinski definition) is 4. The number of hydrogen-bond acceptors (Lipinski definition) is 8. The van der Waals surface area contributed by atoms with Crippen molar-refractivity contribution in [2.45, 2.75) is 20.3 Å². The van der Waals surface area contributed by atoms with Crippen LogP contribution in [0.1, 0.15) is 16.8 Å². The molecule has 4 aromatic rings. The Bertz CT molecular complexity index is 1420. The minimum absolute atomic E-state index is 0.276. The van der Waals surface area contributed by atoms with Crippen molar-refractivity contribution in [3.8, 4) is 22.9 Å². The summed E-state index contributed by atoms with van der Waals surface area (Å²) in [4.78, 5) is 24.1. The van der Waals surface area contributed by atoms with Crippen LogP contribution in [0.2, 0.25) is 0 Å². The van der Waals surface area contributed by atoms with E-state index in [2.05, 4.69) is 25.8 Å². The highest BCUT2D eigenvalue weighted by molar-refractivity contribution is 5.83. The average Bonchev–Trinajstić information content (AvgIpc) is 2.87. The minimum atomic E-state index is -1.01. The number of hydrazone groups is 1. The summed E-state index contributed by atoms with van der Waals surface area (Å²) in [6, 6.07) is 18.8. The Morgan fingerprint density at radius 3 is 2.70 bits per heavy atom. The molecule has 0 aliphatic carbocycles. The van der Waals surface area contributed by atoms with Gasteiger partial charge in [0.05, 0.1) is 5.69 Å². The molecule has 4 rings (SSSR count). The van der Waals surface area contributed by atoms with Crippen molar-refractivity contribution in [3.63, 3.8) is 0 Å². The van der Waals surface area contributed by atoms with Crippen LogP contribution >= 0.6 is 0 Å². The molecule has 0 unspecified atom stereocenters. The van der Waals surface area contributed by atoms with Crippen LogP contribution in [0.15, 0.2) is 78.2 Å². The van der Waals surface area contributed by atoms with Crippen molar-refractivity contribution in [1.29, 1.82) is 0 Å². The summed E-state index contributed by atoms with van der Waals surface area (Å²) in [6.45, 7) is 3.65. The molecular formula is C27H27N7O3. The smallest absolute Gasteiger partial charge is 0.324 e. The zero-order chi connectivity index (χ0) is 26.2. The van der Waals surface area contributed by atoms with Crippen LogP contribution in [-0.4, -0.2) is 38.4 Å². The van der Waals surface area contributed by atoms with Gasteiger partial charge in [0.15, 0.2) is 5.75 Å². The second-order valence-electron chi connectivity index (χ2n) is 8.27. The summed E-state index contributed by atoms with van der Waals surface area (Å²) in [6.07, 6.45) is 3.74. The fraction of sp³-hybridized carbons (Fsp3) is 0.148. The molecule has 0 saturated carbocycles. The summed E-state index contributed by atoms with van der Waals surface area (Å²) in [5, 5.41) is 15.8. The molecule has 10 heteroatoms. The summed E-state index contributed by atoms with van der Waals surface area (Å²) in [5.74, 6) is 1.06. The SMILES string of the molecule is Cc1cc(Oc2ccnc(Nc3cccc(C/C(N)=N/NCC(=O)O)c3)c2)c(-c2ccccn2)nc1C. The van der Waals surface area contributed by atoms with Crippen molar-refractivity contribution in [2.24, 2.45) is 10.8 Å². The number of aliphatic carboxylic acids is 1. The van der Waals surface area contributed by atoms with Gasteiger partial charge in [-0.1, -0.05) is 18.2 Å². The molecule has 0 spiro atoms. The van der Waals surface area contributed by atoms with Gasteiger partial charge in [-0.3, -0.25) is 15.2 Å². The van der Waals surface area contributed by atoms with Crippen LogP contribution < -0.4 is 21.2 Å². The third kappa shape index (κ3) is 7.01. The number of carbonyl (C=O) groups is 1. The highest BCUT2D eigenvalue weighted by Crippen LogP contribution is 2.33. The highest BCUT2D eigenvalue weighted by Gasteiger charge is 2.13. The predicted molar refractivity (Wildman–Crippen MR) is 142 cm³/mol. The van der Waals surface area contributed by atoms with Crippen LogP contribution in [0.4, 0.5) is 11.5 Å². The van der Waals surface area contributed by atoms with Gasteiger partial charge in [0.2, 0.25) is 0 Å². The number of aryl methyl sites for hydroxylation is 2. The first-order chi connectivity index (χ1) is 17.9.